The van der Waals surface area contributed by atoms with Crippen LogP contribution in [0.1, 0.15) is 32.3 Å². The first-order chi connectivity index (χ1) is 7.92. The fraction of sp³-hybridized carbons (Fsp3) is 0.615. The van der Waals surface area contributed by atoms with Crippen molar-refractivity contribution in [1.82, 2.24) is 4.90 Å². The molecule has 0 unspecified atom stereocenters. The summed E-state index contributed by atoms with van der Waals surface area (Å²) in [6.45, 7) is 5.27. The van der Waals surface area contributed by atoms with Crippen LogP contribution in [0.5, 0.6) is 0 Å². The topological polar surface area (TPSA) is 53.7 Å². The van der Waals surface area contributed by atoms with Gasteiger partial charge in [-0.3, -0.25) is 4.79 Å². The van der Waals surface area contributed by atoms with E-state index in [-0.39, 0.29) is 0 Å². The number of hydrogen-bond donors (Lipinski definition) is 1. The van der Waals surface area contributed by atoms with Gasteiger partial charge in [-0.1, -0.05) is 0 Å². The van der Waals surface area contributed by atoms with Gasteiger partial charge in [-0.2, -0.15) is 0 Å². The molecule has 4 heteroatoms. The van der Waals surface area contributed by atoms with Gasteiger partial charge in [0.15, 0.2) is 0 Å². The van der Waals surface area contributed by atoms with E-state index in [0.717, 1.165) is 25.1 Å². The van der Waals surface area contributed by atoms with Gasteiger partial charge in [-0.05, 0) is 46.3 Å². The Bertz CT molecular complexity index is 344. The zero-order valence-electron chi connectivity index (χ0n) is 10.8. The van der Waals surface area contributed by atoms with Crippen LogP contribution < -0.4 is 0 Å². The zero-order chi connectivity index (χ0) is 12.9. The van der Waals surface area contributed by atoms with Gasteiger partial charge in [0.05, 0.1) is 17.9 Å². The highest BCUT2D eigenvalue weighted by Crippen LogP contribution is 2.22. The molecular weight excluding hydrogens is 218 g/mol. The molecule has 1 heterocycles. The molecule has 0 saturated heterocycles. The summed E-state index contributed by atoms with van der Waals surface area (Å²) >= 11 is 0. The molecular formula is C13H21NO3. The third kappa shape index (κ3) is 4.61. The van der Waals surface area contributed by atoms with E-state index in [2.05, 4.69) is 4.90 Å². The van der Waals surface area contributed by atoms with Gasteiger partial charge in [0.1, 0.15) is 0 Å². The smallest absolute Gasteiger partial charge is 0.309 e. The number of carboxylic acids is 1. The lowest BCUT2D eigenvalue weighted by molar-refractivity contribution is -0.147. The Morgan fingerprint density at radius 3 is 2.76 bits per heavy atom. The first-order valence-electron chi connectivity index (χ1n) is 5.85. The molecule has 96 valence electrons. The molecule has 0 atom stereocenters. The van der Waals surface area contributed by atoms with Crippen LogP contribution in [0.2, 0.25) is 0 Å². The molecule has 0 aromatic carbocycles. The van der Waals surface area contributed by atoms with Crippen LogP contribution in [0.3, 0.4) is 0 Å². The Labute approximate surface area is 102 Å². The highest BCUT2D eigenvalue weighted by Gasteiger charge is 2.26. The van der Waals surface area contributed by atoms with Crippen molar-refractivity contribution in [3.63, 3.8) is 0 Å². The number of nitrogens with zero attached hydrogens (tertiary/aromatic N) is 1. The molecule has 1 N–H and O–H groups in total. The van der Waals surface area contributed by atoms with Gasteiger partial charge in [-0.15, -0.1) is 0 Å². The minimum atomic E-state index is -0.727. The van der Waals surface area contributed by atoms with Crippen LogP contribution >= 0.6 is 0 Å². The Hall–Kier alpha value is -1.29. The molecule has 0 aliphatic heterocycles. The van der Waals surface area contributed by atoms with Gasteiger partial charge in [0.25, 0.3) is 0 Å². The Morgan fingerprint density at radius 1 is 1.53 bits per heavy atom. The third-order valence-electron chi connectivity index (χ3n) is 2.95. The standard InChI is InChI=1S/C13H21NO3/c1-13(2,12(15)16)6-4-7-14(3)9-11-5-8-17-10-11/h5,8,10H,4,6-7,9H2,1-3H3,(H,15,16). The maximum atomic E-state index is 10.9. The van der Waals surface area contributed by atoms with Crippen molar-refractivity contribution in [3.8, 4) is 0 Å². The predicted molar refractivity (Wildman–Crippen MR) is 65.7 cm³/mol. The van der Waals surface area contributed by atoms with Crippen LogP contribution in [0.25, 0.3) is 0 Å². The maximum Gasteiger partial charge on any atom is 0.309 e. The van der Waals surface area contributed by atoms with Gasteiger partial charge >= 0.3 is 5.97 Å². The van der Waals surface area contributed by atoms with Crippen molar-refractivity contribution >= 4 is 5.97 Å². The van der Waals surface area contributed by atoms with Crippen LogP contribution in [-0.2, 0) is 11.3 Å². The van der Waals surface area contributed by atoms with Crippen molar-refractivity contribution in [2.45, 2.75) is 33.2 Å². The Kier molecular flexibility index (Phi) is 4.75. The lowest BCUT2D eigenvalue weighted by Crippen LogP contribution is -2.26. The maximum absolute atomic E-state index is 10.9. The molecule has 0 fully saturated rings. The van der Waals surface area contributed by atoms with Gasteiger partial charge in [-0.25, -0.2) is 0 Å². The summed E-state index contributed by atoms with van der Waals surface area (Å²) in [4.78, 5) is 13.1. The minimum absolute atomic E-state index is 0.628. The van der Waals surface area contributed by atoms with Crippen molar-refractivity contribution in [2.24, 2.45) is 5.41 Å². The molecule has 0 saturated carbocycles. The first kappa shape index (κ1) is 13.8. The minimum Gasteiger partial charge on any atom is -0.481 e. The van der Waals surface area contributed by atoms with Gasteiger partial charge < -0.3 is 14.4 Å². The second-order valence-corrected chi connectivity index (χ2v) is 5.16. The molecule has 1 rings (SSSR count). The van der Waals surface area contributed by atoms with E-state index in [4.69, 9.17) is 9.52 Å². The SMILES string of the molecule is CN(CCCC(C)(C)C(=O)O)Cc1ccoc1. The molecule has 0 spiro atoms. The monoisotopic (exact) mass is 239 g/mol. The number of carbonyl (C=O) groups is 1. The summed E-state index contributed by atoms with van der Waals surface area (Å²) < 4.78 is 5.00. The lowest BCUT2D eigenvalue weighted by atomic mass is 9.88. The van der Waals surface area contributed by atoms with Gasteiger partial charge in [0, 0.05) is 12.1 Å². The number of hydrogen-bond acceptors (Lipinski definition) is 3. The van der Waals surface area contributed by atoms with E-state index in [1.807, 2.05) is 13.1 Å². The van der Waals surface area contributed by atoms with Crippen molar-refractivity contribution in [3.05, 3.63) is 24.2 Å². The number of aliphatic carboxylic acids is 1. The van der Waals surface area contributed by atoms with E-state index in [9.17, 15) is 4.79 Å². The third-order valence-corrected chi connectivity index (χ3v) is 2.95. The van der Waals surface area contributed by atoms with Gasteiger partial charge in [0.2, 0.25) is 0 Å². The highest BCUT2D eigenvalue weighted by atomic mass is 16.4. The zero-order valence-corrected chi connectivity index (χ0v) is 10.8. The molecule has 4 nitrogen and oxygen atoms in total. The molecule has 0 aliphatic rings. The van der Waals surface area contributed by atoms with Crippen molar-refractivity contribution in [1.29, 1.82) is 0 Å². The first-order valence-corrected chi connectivity index (χ1v) is 5.85. The van der Waals surface area contributed by atoms with Crippen molar-refractivity contribution < 1.29 is 14.3 Å². The largest absolute Gasteiger partial charge is 0.481 e. The van der Waals surface area contributed by atoms with Crippen LogP contribution in [0.4, 0.5) is 0 Å². The second kappa shape index (κ2) is 5.87. The fourth-order valence-corrected chi connectivity index (χ4v) is 1.67. The Balaban J connectivity index is 2.25. The molecule has 0 aliphatic carbocycles. The average molecular weight is 239 g/mol. The van der Waals surface area contributed by atoms with E-state index in [1.165, 1.54) is 0 Å². The molecule has 17 heavy (non-hydrogen) atoms. The second-order valence-electron chi connectivity index (χ2n) is 5.16. The summed E-state index contributed by atoms with van der Waals surface area (Å²) in [5, 5.41) is 8.99. The molecule has 0 radical (unpaired) electrons. The summed E-state index contributed by atoms with van der Waals surface area (Å²) in [5.41, 5.74) is 0.515. The van der Waals surface area contributed by atoms with E-state index < -0.39 is 11.4 Å². The van der Waals surface area contributed by atoms with E-state index >= 15 is 0 Å². The number of furan rings is 1. The summed E-state index contributed by atoms with van der Waals surface area (Å²) in [6, 6.07) is 1.94. The Morgan fingerprint density at radius 2 is 2.24 bits per heavy atom. The van der Waals surface area contributed by atoms with Crippen LogP contribution in [0.15, 0.2) is 23.0 Å². The van der Waals surface area contributed by atoms with E-state index in [0.29, 0.717) is 6.42 Å². The predicted octanol–water partition coefficient (Wildman–Crippen LogP) is 2.60. The average Bonchev–Trinajstić information content (AvgIpc) is 2.69. The van der Waals surface area contributed by atoms with Crippen molar-refractivity contribution in [2.75, 3.05) is 13.6 Å². The lowest BCUT2D eigenvalue weighted by Gasteiger charge is -2.21. The molecule has 1 aromatic heterocycles. The van der Waals surface area contributed by atoms with Crippen LogP contribution in [0, 0.1) is 5.41 Å². The molecule has 0 amide bonds. The summed E-state index contributed by atoms with van der Waals surface area (Å²) in [7, 11) is 2.03. The van der Waals surface area contributed by atoms with E-state index in [1.54, 1.807) is 26.4 Å². The normalized spacial score (nSPS) is 12.0. The number of carboxylic acid groups (broad SMARTS) is 1. The fourth-order valence-electron chi connectivity index (χ4n) is 1.67. The number of rotatable bonds is 7. The quantitative estimate of drug-likeness (QED) is 0.794. The summed E-state index contributed by atoms with van der Waals surface area (Å²) in [5.74, 6) is -0.727. The molecule has 1 aromatic rings. The molecule has 0 bridgehead atoms. The van der Waals surface area contributed by atoms with Crippen LogP contribution in [-0.4, -0.2) is 29.6 Å². The highest BCUT2D eigenvalue weighted by molar-refractivity contribution is 5.73. The summed E-state index contributed by atoms with van der Waals surface area (Å²) in [6.07, 6.45) is 4.97.